The van der Waals surface area contributed by atoms with Gasteiger partial charge in [0.1, 0.15) is 5.82 Å². The average molecular weight is 249 g/mol. The molecular formula is C13H23N5. The summed E-state index contributed by atoms with van der Waals surface area (Å²) in [5, 5.41) is 0. The Bertz CT molecular complexity index is 410. The third kappa shape index (κ3) is 2.56. The Hall–Kier alpha value is -1.36. The molecule has 1 aromatic heterocycles. The highest BCUT2D eigenvalue weighted by Gasteiger charge is 2.29. The molecule has 0 amide bonds. The number of hydrogen-bond acceptors (Lipinski definition) is 5. The van der Waals surface area contributed by atoms with Crippen LogP contribution in [0.1, 0.15) is 38.7 Å². The van der Waals surface area contributed by atoms with Crippen molar-refractivity contribution in [3.05, 3.63) is 11.8 Å². The largest absolute Gasteiger partial charge is 0.356 e. The van der Waals surface area contributed by atoms with Gasteiger partial charge in [0.05, 0.1) is 0 Å². The minimum Gasteiger partial charge on any atom is -0.356 e. The number of hydrogen-bond donors (Lipinski definition) is 2. The van der Waals surface area contributed by atoms with Crippen LogP contribution in [0.15, 0.2) is 6.20 Å². The van der Waals surface area contributed by atoms with E-state index in [1.165, 1.54) is 19.3 Å². The molecule has 1 saturated heterocycles. The van der Waals surface area contributed by atoms with E-state index in [0.29, 0.717) is 11.4 Å². The van der Waals surface area contributed by atoms with Crippen LogP contribution in [0.2, 0.25) is 0 Å². The summed E-state index contributed by atoms with van der Waals surface area (Å²) in [6.45, 7) is 8.83. The minimum absolute atomic E-state index is 0.486. The van der Waals surface area contributed by atoms with E-state index < -0.39 is 0 Å². The molecule has 1 aliphatic rings. The van der Waals surface area contributed by atoms with Crippen molar-refractivity contribution in [3.63, 3.8) is 0 Å². The van der Waals surface area contributed by atoms with Gasteiger partial charge < -0.3 is 4.90 Å². The van der Waals surface area contributed by atoms with Gasteiger partial charge in [0.2, 0.25) is 5.95 Å². The fourth-order valence-electron chi connectivity index (χ4n) is 2.43. The van der Waals surface area contributed by atoms with Crippen molar-refractivity contribution >= 4 is 11.8 Å². The average Bonchev–Trinajstić information content (AvgIpc) is 2.41. The van der Waals surface area contributed by atoms with Crippen LogP contribution in [0.25, 0.3) is 0 Å². The first kappa shape index (κ1) is 13.1. The molecule has 2 rings (SSSR count). The Morgan fingerprint density at radius 3 is 2.67 bits per heavy atom. The molecule has 0 aliphatic carbocycles. The number of anilines is 2. The van der Waals surface area contributed by atoms with Crippen molar-refractivity contribution in [1.29, 1.82) is 0 Å². The molecule has 0 saturated carbocycles. The van der Waals surface area contributed by atoms with Crippen LogP contribution in [0.4, 0.5) is 11.8 Å². The molecule has 0 atom stereocenters. The van der Waals surface area contributed by atoms with Gasteiger partial charge in [-0.2, -0.15) is 4.98 Å². The SMILES string of the molecule is CCC1(C)CCN(c2nc(NN)ncc2C)CC1. The summed E-state index contributed by atoms with van der Waals surface area (Å²) < 4.78 is 0. The summed E-state index contributed by atoms with van der Waals surface area (Å²) in [6.07, 6.45) is 5.51. The third-order valence-electron chi connectivity index (χ3n) is 4.20. The van der Waals surface area contributed by atoms with Gasteiger partial charge >= 0.3 is 0 Å². The van der Waals surface area contributed by atoms with Gasteiger partial charge in [-0.1, -0.05) is 20.3 Å². The number of nitrogen functional groups attached to an aromatic ring is 1. The van der Waals surface area contributed by atoms with Crippen LogP contribution in [0.5, 0.6) is 0 Å². The maximum absolute atomic E-state index is 5.37. The van der Waals surface area contributed by atoms with Crippen LogP contribution < -0.4 is 16.2 Å². The summed E-state index contributed by atoms with van der Waals surface area (Å²) in [5.74, 6) is 6.87. The van der Waals surface area contributed by atoms with E-state index in [9.17, 15) is 0 Å². The van der Waals surface area contributed by atoms with Crippen LogP contribution in [0, 0.1) is 12.3 Å². The van der Waals surface area contributed by atoms with Crippen LogP contribution in [0.3, 0.4) is 0 Å². The van der Waals surface area contributed by atoms with E-state index in [2.05, 4.69) is 34.1 Å². The Balaban J connectivity index is 2.14. The topological polar surface area (TPSA) is 67.1 Å². The summed E-state index contributed by atoms with van der Waals surface area (Å²) in [7, 11) is 0. The van der Waals surface area contributed by atoms with E-state index in [-0.39, 0.29) is 0 Å². The van der Waals surface area contributed by atoms with Gasteiger partial charge in [-0.3, -0.25) is 5.43 Å². The molecule has 0 bridgehead atoms. The zero-order chi connectivity index (χ0) is 13.2. The number of hydrazine groups is 1. The summed E-state index contributed by atoms with van der Waals surface area (Å²) in [5.41, 5.74) is 4.11. The molecule has 1 fully saturated rings. The zero-order valence-electron chi connectivity index (χ0n) is 11.5. The second-order valence-corrected chi connectivity index (χ2v) is 5.50. The number of aryl methyl sites for hydroxylation is 1. The fourth-order valence-corrected chi connectivity index (χ4v) is 2.43. The standard InChI is InChI=1S/C13H23N5/c1-4-13(3)5-7-18(8-6-13)11-10(2)9-15-12(16-11)17-14/h9H,4-8,14H2,1-3H3,(H,15,16,17). The van der Waals surface area contributed by atoms with E-state index >= 15 is 0 Å². The first-order valence-electron chi connectivity index (χ1n) is 6.63. The Kier molecular flexibility index (Phi) is 3.71. The van der Waals surface area contributed by atoms with Gasteiger partial charge in [-0.15, -0.1) is 0 Å². The molecule has 18 heavy (non-hydrogen) atoms. The monoisotopic (exact) mass is 249 g/mol. The Labute approximate surface area is 109 Å². The number of nitrogens with two attached hydrogens (primary N) is 1. The number of aromatic nitrogens is 2. The molecule has 2 heterocycles. The Morgan fingerprint density at radius 2 is 2.11 bits per heavy atom. The smallest absolute Gasteiger partial charge is 0.239 e. The van der Waals surface area contributed by atoms with E-state index in [1.807, 2.05) is 13.1 Å². The molecule has 1 aliphatic heterocycles. The highest BCUT2D eigenvalue weighted by Crippen LogP contribution is 2.35. The molecule has 5 nitrogen and oxygen atoms in total. The van der Waals surface area contributed by atoms with E-state index in [1.54, 1.807) is 0 Å². The zero-order valence-corrected chi connectivity index (χ0v) is 11.5. The Morgan fingerprint density at radius 1 is 1.44 bits per heavy atom. The van der Waals surface area contributed by atoms with Gasteiger partial charge in [0.15, 0.2) is 0 Å². The van der Waals surface area contributed by atoms with Crippen molar-refractivity contribution in [2.24, 2.45) is 11.3 Å². The van der Waals surface area contributed by atoms with Crippen molar-refractivity contribution in [2.45, 2.75) is 40.0 Å². The third-order valence-corrected chi connectivity index (χ3v) is 4.20. The minimum atomic E-state index is 0.486. The van der Waals surface area contributed by atoms with Crippen LogP contribution in [-0.4, -0.2) is 23.1 Å². The first-order chi connectivity index (χ1) is 8.58. The highest BCUT2D eigenvalue weighted by atomic mass is 15.3. The van der Waals surface area contributed by atoms with Gasteiger partial charge in [-0.25, -0.2) is 10.8 Å². The molecule has 0 aromatic carbocycles. The van der Waals surface area contributed by atoms with E-state index in [0.717, 1.165) is 24.5 Å². The lowest BCUT2D eigenvalue weighted by Crippen LogP contribution is -2.39. The second-order valence-electron chi connectivity index (χ2n) is 5.50. The van der Waals surface area contributed by atoms with Gasteiger partial charge in [-0.05, 0) is 25.2 Å². The lowest BCUT2D eigenvalue weighted by molar-refractivity contribution is 0.237. The van der Waals surface area contributed by atoms with Crippen LogP contribution >= 0.6 is 0 Å². The van der Waals surface area contributed by atoms with Gasteiger partial charge in [0.25, 0.3) is 0 Å². The lowest BCUT2D eigenvalue weighted by Gasteiger charge is -2.39. The maximum atomic E-state index is 5.37. The summed E-state index contributed by atoms with van der Waals surface area (Å²) in [6, 6.07) is 0. The summed E-state index contributed by atoms with van der Waals surface area (Å²) >= 11 is 0. The normalized spacial score (nSPS) is 18.8. The number of rotatable bonds is 3. The molecular weight excluding hydrogens is 226 g/mol. The van der Waals surface area contributed by atoms with Crippen molar-refractivity contribution in [3.8, 4) is 0 Å². The number of nitrogens with zero attached hydrogens (tertiary/aromatic N) is 3. The predicted octanol–water partition coefficient (Wildman–Crippen LogP) is 2.09. The van der Waals surface area contributed by atoms with Crippen molar-refractivity contribution < 1.29 is 0 Å². The molecule has 3 N–H and O–H groups in total. The van der Waals surface area contributed by atoms with Crippen molar-refractivity contribution in [1.82, 2.24) is 9.97 Å². The molecule has 100 valence electrons. The quantitative estimate of drug-likeness (QED) is 0.634. The van der Waals surface area contributed by atoms with Gasteiger partial charge in [0, 0.05) is 24.8 Å². The van der Waals surface area contributed by atoms with Crippen LogP contribution in [-0.2, 0) is 0 Å². The molecule has 0 radical (unpaired) electrons. The maximum Gasteiger partial charge on any atom is 0.239 e. The van der Waals surface area contributed by atoms with E-state index in [4.69, 9.17) is 5.84 Å². The molecule has 0 spiro atoms. The highest BCUT2D eigenvalue weighted by molar-refractivity contribution is 5.49. The molecule has 5 heteroatoms. The predicted molar refractivity (Wildman–Crippen MR) is 74.4 cm³/mol. The van der Waals surface area contributed by atoms with Crippen molar-refractivity contribution in [2.75, 3.05) is 23.4 Å². The summed E-state index contributed by atoms with van der Waals surface area (Å²) in [4.78, 5) is 10.9. The molecule has 0 unspecified atom stereocenters. The lowest BCUT2D eigenvalue weighted by atomic mass is 9.78. The number of piperidine rings is 1. The first-order valence-corrected chi connectivity index (χ1v) is 6.63. The molecule has 1 aromatic rings. The fraction of sp³-hybridized carbons (Fsp3) is 0.692. The second kappa shape index (κ2) is 5.10. The number of nitrogens with one attached hydrogen (secondary N) is 1.